The fourth-order valence-electron chi connectivity index (χ4n) is 3.27. The lowest BCUT2D eigenvalue weighted by molar-refractivity contribution is 0.409. The Morgan fingerprint density at radius 1 is 1.11 bits per heavy atom. The molecule has 0 atom stereocenters. The molecule has 3 rings (SSSR count). The molecule has 0 saturated carbocycles. The van der Waals surface area contributed by atoms with Gasteiger partial charge in [-0.1, -0.05) is 44.2 Å². The molecule has 0 aliphatic heterocycles. The number of hydrogen-bond acceptors (Lipinski definition) is 4. The van der Waals surface area contributed by atoms with E-state index in [-0.39, 0.29) is 0 Å². The molecule has 0 radical (unpaired) electrons. The summed E-state index contributed by atoms with van der Waals surface area (Å²) in [7, 11) is 1.73. The Balaban J connectivity index is 1.82. The summed E-state index contributed by atoms with van der Waals surface area (Å²) in [6.07, 6.45) is 1.64. The quantitative estimate of drug-likeness (QED) is 0.602. The minimum absolute atomic E-state index is 0.545. The van der Waals surface area contributed by atoms with E-state index in [0.717, 1.165) is 29.3 Å². The lowest BCUT2D eigenvalue weighted by Crippen LogP contribution is -2.05. The molecule has 0 aliphatic rings. The minimum atomic E-state index is 0.545. The van der Waals surface area contributed by atoms with Crippen molar-refractivity contribution in [1.82, 2.24) is 4.98 Å². The molecule has 2 N–H and O–H groups in total. The van der Waals surface area contributed by atoms with Crippen LogP contribution in [0.1, 0.15) is 47.7 Å². The van der Waals surface area contributed by atoms with Crippen molar-refractivity contribution in [3.63, 3.8) is 0 Å². The van der Waals surface area contributed by atoms with Crippen LogP contribution in [0.25, 0.3) is 10.6 Å². The number of hydrogen-bond donors (Lipinski definition) is 1. The van der Waals surface area contributed by atoms with Crippen LogP contribution in [0.4, 0.5) is 0 Å². The van der Waals surface area contributed by atoms with Gasteiger partial charge in [0.1, 0.15) is 10.8 Å². The van der Waals surface area contributed by atoms with E-state index >= 15 is 0 Å². The molecule has 3 aromatic rings. The van der Waals surface area contributed by atoms with Crippen molar-refractivity contribution in [2.75, 3.05) is 13.7 Å². The maximum Gasteiger partial charge on any atom is 0.123 e. The molecule has 1 heterocycles. The van der Waals surface area contributed by atoms with Crippen LogP contribution in [0.15, 0.2) is 41.8 Å². The fourth-order valence-corrected chi connectivity index (χ4v) is 4.10. The lowest BCUT2D eigenvalue weighted by atomic mass is 9.99. The predicted octanol–water partition coefficient (Wildman–Crippen LogP) is 5.34. The van der Waals surface area contributed by atoms with Crippen molar-refractivity contribution in [2.45, 2.75) is 39.5 Å². The van der Waals surface area contributed by atoms with Gasteiger partial charge in [0.05, 0.1) is 12.8 Å². The molecular weight excluding hydrogens is 352 g/mol. The highest BCUT2D eigenvalue weighted by Crippen LogP contribution is 2.29. The Kier molecular flexibility index (Phi) is 6.30. The number of rotatable bonds is 7. The first-order chi connectivity index (χ1) is 13.0. The lowest BCUT2D eigenvalue weighted by Gasteiger charge is -2.13. The number of aryl methyl sites for hydroxylation is 1. The summed E-state index contributed by atoms with van der Waals surface area (Å²) in [5, 5.41) is 3.21. The highest BCUT2D eigenvalue weighted by Gasteiger charge is 2.12. The second-order valence-corrected chi connectivity index (χ2v) is 8.08. The van der Waals surface area contributed by atoms with Crippen LogP contribution in [-0.2, 0) is 12.8 Å². The number of nitrogens with two attached hydrogens (primary N) is 1. The van der Waals surface area contributed by atoms with Gasteiger partial charge in [0, 0.05) is 22.9 Å². The minimum Gasteiger partial charge on any atom is -0.496 e. The van der Waals surface area contributed by atoms with Gasteiger partial charge in [-0.3, -0.25) is 0 Å². The van der Waals surface area contributed by atoms with Gasteiger partial charge in [0.15, 0.2) is 0 Å². The van der Waals surface area contributed by atoms with E-state index in [2.05, 4.69) is 62.5 Å². The zero-order valence-corrected chi connectivity index (χ0v) is 17.4. The summed E-state index contributed by atoms with van der Waals surface area (Å²) >= 11 is 1.70. The van der Waals surface area contributed by atoms with Crippen molar-refractivity contribution in [2.24, 2.45) is 5.73 Å². The molecule has 0 bridgehead atoms. The standard InChI is InChI=1S/C23H28N2OS/c1-15(2)17-5-7-18(8-6-17)23-25-21(14-27-23)12-20-11-16(3)19(9-10-24)13-22(20)26-4/h5-8,11,13-15H,9-10,12,24H2,1-4H3. The van der Waals surface area contributed by atoms with Gasteiger partial charge >= 0.3 is 0 Å². The smallest absolute Gasteiger partial charge is 0.123 e. The number of ether oxygens (including phenoxy) is 1. The molecule has 0 fully saturated rings. The Morgan fingerprint density at radius 2 is 1.85 bits per heavy atom. The Labute approximate surface area is 166 Å². The Morgan fingerprint density at radius 3 is 2.48 bits per heavy atom. The van der Waals surface area contributed by atoms with E-state index in [0.29, 0.717) is 12.5 Å². The van der Waals surface area contributed by atoms with E-state index < -0.39 is 0 Å². The van der Waals surface area contributed by atoms with Crippen LogP contribution in [0.2, 0.25) is 0 Å². The molecule has 0 spiro atoms. The monoisotopic (exact) mass is 380 g/mol. The summed E-state index contributed by atoms with van der Waals surface area (Å²) in [6, 6.07) is 13.1. The second-order valence-electron chi connectivity index (χ2n) is 7.23. The van der Waals surface area contributed by atoms with Crippen LogP contribution >= 0.6 is 11.3 Å². The summed E-state index contributed by atoms with van der Waals surface area (Å²) in [6.45, 7) is 7.21. The molecule has 3 nitrogen and oxygen atoms in total. The molecule has 27 heavy (non-hydrogen) atoms. The fraction of sp³-hybridized carbons (Fsp3) is 0.348. The second kappa shape index (κ2) is 8.68. The number of methoxy groups -OCH3 is 1. The molecule has 2 aromatic carbocycles. The Bertz CT molecular complexity index is 897. The van der Waals surface area contributed by atoms with E-state index in [1.165, 1.54) is 27.8 Å². The molecular formula is C23H28N2OS. The normalized spacial score (nSPS) is 11.2. The number of nitrogens with zero attached hydrogens (tertiary/aromatic N) is 1. The topological polar surface area (TPSA) is 48.1 Å². The molecule has 1 aromatic heterocycles. The van der Waals surface area contributed by atoms with Gasteiger partial charge < -0.3 is 10.5 Å². The van der Waals surface area contributed by atoms with Crippen LogP contribution in [0.3, 0.4) is 0 Å². The predicted molar refractivity (Wildman–Crippen MR) is 115 cm³/mol. The molecule has 0 amide bonds. The largest absolute Gasteiger partial charge is 0.496 e. The van der Waals surface area contributed by atoms with Gasteiger partial charge in [-0.2, -0.15) is 0 Å². The number of benzene rings is 2. The van der Waals surface area contributed by atoms with E-state index in [1.807, 2.05) is 0 Å². The molecule has 142 valence electrons. The molecule has 0 saturated heterocycles. The first-order valence-electron chi connectivity index (χ1n) is 9.43. The molecule has 4 heteroatoms. The summed E-state index contributed by atoms with van der Waals surface area (Å²) in [5.74, 6) is 1.46. The van der Waals surface area contributed by atoms with Gasteiger partial charge in [-0.15, -0.1) is 11.3 Å². The first-order valence-corrected chi connectivity index (χ1v) is 10.3. The van der Waals surface area contributed by atoms with Crippen molar-refractivity contribution >= 4 is 11.3 Å². The summed E-state index contributed by atoms with van der Waals surface area (Å²) < 4.78 is 5.62. The van der Waals surface area contributed by atoms with E-state index in [9.17, 15) is 0 Å². The van der Waals surface area contributed by atoms with Gasteiger partial charge in [-0.05, 0) is 48.6 Å². The van der Waals surface area contributed by atoms with Crippen LogP contribution in [0.5, 0.6) is 5.75 Å². The maximum atomic E-state index is 5.72. The van der Waals surface area contributed by atoms with E-state index in [4.69, 9.17) is 15.5 Å². The van der Waals surface area contributed by atoms with Crippen molar-refractivity contribution in [3.8, 4) is 16.3 Å². The van der Waals surface area contributed by atoms with Gasteiger partial charge in [0.25, 0.3) is 0 Å². The zero-order valence-electron chi connectivity index (χ0n) is 16.6. The summed E-state index contributed by atoms with van der Waals surface area (Å²) in [5.41, 5.74) is 13.0. The maximum absolute atomic E-state index is 5.72. The molecule has 0 unspecified atom stereocenters. The van der Waals surface area contributed by atoms with Gasteiger partial charge in [-0.25, -0.2) is 4.98 Å². The zero-order chi connectivity index (χ0) is 19.4. The summed E-state index contributed by atoms with van der Waals surface area (Å²) in [4.78, 5) is 4.86. The average molecular weight is 381 g/mol. The van der Waals surface area contributed by atoms with Crippen LogP contribution < -0.4 is 10.5 Å². The van der Waals surface area contributed by atoms with Crippen LogP contribution in [0, 0.1) is 6.92 Å². The van der Waals surface area contributed by atoms with Crippen molar-refractivity contribution < 1.29 is 4.74 Å². The van der Waals surface area contributed by atoms with Crippen molar-refractivity contribution in [3.05, 3.63) is 69.7 Å². The third kappa shape index (κ3) is 4.57. The highest BCUT2D eigenvalue weighted by atomic mass is 32.1. The van der Waals surface area contributed by atoms with Gasteiger partial charge in [0.2, 0.25) is 0 Å². The average Bonchev–Trinajstić information content (AvgIpc) is 3.12. The molecule has 0 aliphatic carbocycles. The third-order valence-corrected chi connectivity index (χ3v) is 5.84. The Hall–Kier alpha value is -2.17. The number of aromatic nitrogens is 1. The number of thiazole rings is 1. The highest BCUT2D eigenvalue weighted by molar-refractivity contribution is 7.13. The van der Waals surface area contributed by atoms with Crippen LogP contribution in [-0.4, -0.2) is 18.6 Å². The van der Waals surface area contributed by atoms with Crippen molar-refractivity contribution in [1.29, 1.82) is 0 Å². The van der Waals surface area contributed by atoms with E-state index in [1.54, 1.807) is 18.4 Å². The third-order valence-electron chi connectivity index (χ3n) is 4.90. The SMILES string of the molecule is COc1cc(CCN)c(C)cc1Cc1csc(-c2ccc(C(C)C)cc2)n1. The first kappa shape index (κ1) is 19.6.